The molecule has 63 heavy (non-hydrogen) atoms. The molecule has 2 aromatic heterocycles. The highest BCUT2D eigenvalue weighted by atomic mass is 35.5. The number of carbonyl (C=O) groups is 3. The number of halogens is 6. The quantitative estimate of drug-likeness (QED) is 0.0517. The summed E-state index contributed by atoms with van der Waals surface area (Å²) in [6, 6.07) is 5.15. The number of hydrogen-bond donors (Lipinski definition) is 6. The number of terminal acetylenes is 1. The minimum atomic E-state index is -4.71. The topological polar surface area (TPSA) is 315 Å². The highest BCUT2D eigenvalue weighted by Crippen LogP contribution is 2.36. The first-order chi connectivity index (χ1) is 29.0. The van der Waals surface area contributed by atoms with Gasteiger partial charge in [0.25, 0.3) is 10.0 Å². The number of carboxylic acids is 2. The van der Waals surface area contributed by atoms with Crippen LogP contribution in [0.3, 0.4) is 0 Å². The van der Waals surface area contributed by atoms with E-state index in [4.69, 9.17) is 59.6 Å². The van der Waals surface area contributed by atoms with Gasteiger partial charge in [0.05, 0.1) is 27.4 Å². The average molecular weight is 977 g/mol. The van der Waals surface area contributed by atoms with Crippen molar-refractivity contribution in [3.8, 4) is 35.5 Å². The fourth-order valence-corrected chi connectivity index (χ4v) is 6.47. The van der Waals surface area contributed by atoms with E-state index in [9.17, 15) is 49.7 Å². The molecule has 0 saturated heterocycles. The minimum Gasteiger partial charge on any atom is -0.480 e. The van der Waals surface area contributed by atoms with E-state index in [1.807, 2.05) is 20.8 Å². The van der Waals surface area contributed by atoms with Gasteiger partial charge in [0.15, 0.2) is 7.37 Å². The summed E-state index contributed by atoms with van der Waals surface area (Å²) in [4.78, 5) is 59.8. The molecule has 2 atom stereocenters. The Labute approximate surface area is 364 Å². The molecule has 29 heteroatoms. The number of anilines is 1. The molecule has 0 radical (unpaired) electrons. The van der Waals surface area contributed by atoms with E-state index in [1.54, 1.807) is 5.32 Å². The van der Waals surface area contributed by atoms with Gasteiger partial charge in [0.2, 0.25) is 23.6 Å². The zero-order valence-corrected chi connectivity index (χ0v) is 36.0. The largest absolute Gasteiger partial charge is 0.480 e. The molecule has 4 aromatic rings. The fourth-order valence-electron chi connectivity index (χ4n) is 4.09. The number of aliphatic carboxylic acids is 1. The smallest absolute Gasteiger partial charge is 0.442 e. The summed E-state index contributed by atoms with van der Waals surface area (Å²) in [7, 11) is -7.82. The second kappa shape index (κ2) is 22.9. The number of nitrogens with zero attached hydrogens (tertiary/aromatic N) is 4. The third-order valence-corrected chi connectivity index (χ3v) is 9.94. The summed E-state index contributed by atoms with van der Waals surface area (Å²) in [5.41, 5.74) is 4.34. The Balaban J connectivity index is 0.000000361. The number of nitrogens with one attached hydrogen (secondary N) is 2. The number of nitrogens with two attached hydrogens (primary N) is 1. The number of hydrogen-bond acceptors (Lipinski definition) is 15. The number of sulfonamides is 1. The third-order valence-electron chi connectivity index (χ3n) is 6.86. The van der Waals surface area contributed by atoms with Crippen LogP contribution in [0.15, 0.2) is 56.6 Å². The number of aromatic carboxylic acids is 1. The Morgan fingerprint density at radius 3 is 2.08 bits per heavy atom. The Morgan fingerprint density at radius 2 is 1.60 bits per heavy atom. The molecule has 0 aliphatic rings. The van der Waals surface area contributed by atoms with Crippen LogP contribution in [0.25, 0.3) is 5.69 Å². The van der Waals surface area contributed by atoms with Crippen molar-refractivity contribution in [3.05, 3.63) is 74.5 Å². The molecule has 21 nitrogen and oxygen atoms in total. The second-order valence-electron chi connectivity index (χ2n) is 13.1. The van der Waals surface area contributed by atoms with Crippen LogP contribution in [0, 0.1) is 12.3 Å². The molecular formula is C34H36Cl2F4N7O14PS. The fraction of sp³-hybridized carbons (Fsp3) is 0.324. The van der Waals surface area contributed by atoms with Crippen LogP contribution in [0.1, 0.15) is 43.4 Å². The molecule has 2 unspecified atom stereocenters. The first-order valence-corrected chi connectivity index (χ1v) is 21.5. The molecule has 0 aliphatic carbocycles. The van der Waals surface area contributed by atoms with E-state index in [-0.39, 0.29) is 29.2 Å². The number of rotatable bonds is 15. The molecule has 0 bridgehead atoms. The van der Waals surface area contributed by atoms with Crippen LogP contribution in [-0.4, -0.2) is 99.9 Å². The summed E-state index contributed by atoms with van der Waals surface area (Å²) in [6.45, 7) is 0.0561. The number of ether oxygens (including phenoxy) is 3. The van der Waals surface area contributed by atoms with Gasteiger partial charge in [-0.1, -0.05) is 62.0 Å². The Kier molecular flexibility index (Phi) is 19.3. The van der Waals surface area contributed by atoms with E-state index in [2.05, 4.69) is 30.5 Å². The molecule has 2 aromatic carbocycles. The summed E-state index contributed by atoms with van der Waals surface area (Å²) >= 11 is 12.2. The zero-order chi connectivity index (χ0) is 48.0. The predicted octanol–water partition coefficient (Wildman–Crippen LogP) is 5.02. The Morgan fingerprint density at radius 1 is 1.03 bits per heavy atom. The number of alkyl halides is 4. The minimum absolute atomic E-state index is 0.0412. The van der Waals surface area contributed by atoms with Crippen LogP contribution in [-0.2, 0) is 24.8 Å². The molecule has 4 rings (SSSR count). The van der Waals surface area contributed by atoms with E-state index in [0.717, 1.165) is 16.8 Å². The van der Waals surface area contributed by atoms with E-state index >= 15 is 0 Å². The number of aromatic nitrogens is 4. The lowest BCUT2D eigenvalue weighted by atomic mass is 9.97. The van der Waals surface area contributed by atoms with Crippen molar-refractivity contribution < 1.29 is 78.7 Å². The maximum absolute atomic E-state index is 12.3. The lowest BCUT2D eigenvalue weighted by Gasteiger charge is -2.11. The Bertz CT molecular complexity index is 2500. The SMILES string of the molecule is C#CCOc1cc(-n2nc(C(C)(C)C)oc2=O)c(Cl)cc1Cl.CP(=O)(O)CCC(N)C(=O)O.O=C(Nc1nc(OC(F)F)cc(OC(F)F)n1)NS(=O)(=O)c1ccccc1C(=O)O. The number of urea groups is 1. The van der Waals surface area contributed by atoms with Crippen molar-refractivity contribution in [2.75, 3.05) is 24.8 Å². The van der Waals surface area contributed by atoms with Gasteiger partial charge in [-0.3, -0.25) is 14.7 Å². The molecule has 7 N–H and O–H groups in total. The first kappa shape index (κ1) is 53.2. The molecule has 0 saturated carbocycles. The number of carboxylic acid groups (broad SMARTS) is 2. The molecule has 0 aliphatic heterocycles. The standard InChI is InChI=1S/C15H14Cl2N2O3.C14H10F4N4O7S.C5H12NO4P/c1-5-6-21-12-8-11(9(16)7-10(12)17)19-14(20)22-13(18-19)15(2,3)4;15-11(16)28-8-5-9(29-12(17)18)20-13(19-8)21-14(25)22-30(26,27)7-4-2-1-3-6(7)10(23)24;1-11(9,10)3-2-4(6)5(7)8/h1,7-8H,6H2,2-4H3;1-5,11-12H,(H,23,24)(H2,19,20,21,22,25);4H,2-3,6H2,1H3,(H,7,8)(H,9,10). The van der Waals surface area contributed by atoms with Crippen LogP contribution >= 0.6 is 30.6 Å². The lowest BCUT2D eigenvalue weighted by Crippen LogP contribution is -2.35. The normalized spacial score (nSPS) is 12.6. The van der Waals surface area contributed by atoms with Crippen molar-refractivity contribution in [3.63, 3.8) is 0 Å². The highest BCUT2D eigenvalue weighted by Gasteiger charge is 2.26. The van der Waals surface area contributed by atoms with Gasteiger partial charge in [-0.2, -0.15) is 32.2 Å². The van der Waals surface area contributed by atoms with Crippen LogP contribution in [0.2, 0.25) is 10.0 Å². The average Bonchev–Trinajstić information content (AvgIpc) is 3.54. The molecule has 2 heterocycles. The third kappa shape index (κ3) is 17.7. The van der Waals surface area contributed by atoms with Gasteiger partial charge in [0.1, 0.15) is 23.3 Å². The number of amides is 2. The molecular weight excluding hydrogens is 940 g/mol. The number of carbonyl (C=O) groups excluding carboxylic acids is 1. The van der Waals surface area contributed by atoms with Crippen LogP contribution < -0.4 is 35.7 Å². The van der Waals surface area contributed by atoms with Crippen molar-refractivity contribution in [2.24, 2.45) is 5.73 Å². The van der Waals surface area contributed by atoms with Crippen LogP contribution in [0.5, 0.6) is 17.5 Å². The predicted molar refractivity (Wildman–Crippen MR) is 214 cm³/mol. The van der Waals surface area contributed by atoms with E-state index in [1.165, 1.54) is 35.7 Å². The van der Waals surface area contributed by atoms with Crippen molar-refractivity contribution in [2.45, 2.75) is 56.8 Å². The van der Waals surface area contributed by atoms with Crippen LogP contribution in [0.4, 0.5) is 28.3 Å². The van der Waals surface area contributed by atoms with Crippen molar-refractivity contribution >= 4 is 64.5 Å². The molecule has 2 amide bonds. The monoisotopic (exact) mass is 975 g/mol. The zero-order valence-electron chi connectivity index (χ0n) is 32.8. The van der Waals surface area contributed by atoms with Crippen molar-refractivity contribution in [1.29, 1.82) is 0 Å². The van der Waals surface area contributed by atoms with Gasteiger partial charge < -0.3 is 39.5 Å². The first-order valence-electron chi connectivity index (χ1n) is 16.9. The maximum Gasteiger partial charge on any atom is 0.442 e. The van der Waals surface area contributed by atoms with Gasteiger partial charge in [-0.25, -0.2) is 27.5 Å². The summed E-state index contributed by atoms with van der Waals surface area (Å²) < 4.78 is 105. The molecule has 344 valence electrons. The van der Waals surface area contributed by atoms with E-state index < -0.39 is 94.0 Å². The van der Waals surface area contributed by atoms with Gasteiger partial charge in [-0.15, -0.1) is 11.5 Å². The second-order valence-corrected chi connectivity index (χ2v) is 18.1. The summed E-state index contributed by atoms with van der Waals surface area (Å²) in [6.07, 6.45) is 5.15. The molecule has 0 fully saturated rings. The van der Waals surface area contributed by atoms with Gasteiger partial charge >= 0.3 is 36.9 Å². The number of benzene rings is 2. The summed E-state index contributed by atoms with van der Waals surface area (Å²) in [5.74, 6) is -3.29. The maximum atomic E-state index is 12.3. The van der Waals surface area contributed by atoms with Crippen molar-refractivity contribution in [1.82, 2.24) is 24.5 Å². The van der Waals surface area contributed by atoms with E-state index in [0.29, 0.717) is 23.4 Å². The van der Waals surface area contributed by atoms with Gasteiger partial charge in [0, 0.05) is 24.3 Å². The Hall–Kier alpha value is -5.97. The summed E-state index contributed by atoms with van der Waals surface area (Å²) in [5, 5.41) is 23.7. The lowest BCUT2D eigenvalue weighted by molar-refractivity contribution is -0.138. The highest BCUT2D eigenvalue weighted by molar-refractivity contribution is 7.90. The van der Waals surface area contributed by atoms with Gasteiger partial charge in [-0.05, 0) is 24.6 Å². The molecule has 0 spiro atoms.